The van der Waals surface area contributed by atoms with Crippen molar-refractivity contribution < 1.29 is 4.42 Å². The van der Waals surface area contributed by atoms with E-state index in [1.165, 1.54) is 0 Å². The Morgan fingerprint density at radius 1 is 0.333 bits per heavy atom. The largest absolute Gasteiger partial charge is 0.416 e. The van der Waals surface area contributed by atoms with Crippen molar-refractivity contribution in [2.75, 3.05) is 0 Å². The standard InChI is InChI=1S/C64H39N7O/c1-39-34-36-40(37-35-39)63-66-67-64(72-63)58-59(68-50-26-10-2-18-41(50)42-19-3-11-27-51(42)68)49(38-65)60(69-52-28-12-4-20-43(52)44-21-5-13-29-53(44)69)62(71-56-32-16-8-24-47(56)48-25-9-17-33-57(48)71)61(58)70-54-30-14-6-22-45(54)46-23-7-15-31-55(46)70/h2-37H,1H3. The van der Waals surface area contributed by atoms with Crippen LogP contribution < -0.4 is 0 Å². The second-order valence-corrected chi connectivity index (χ2v) is 18.5. The Morgan fingerprint density at radius 3 is 0.972 bits per heavy atom. The lowest BCUT2D eigenvalue weighted by Gasteiger charge is -2.28. The van der Waals surface area contributed by atoms with E-state index >= 15 is 0 Å². The van der Waals surface area contributed by atoms with Gasteiger partial charge in [0.05, 0.1) is 72.4 Å². The van der Waals surface area contributed by atoms with E-state index < -0.39 is 0 Å². The molecule has 0 radical (unpaired) electrons. The normalized spacial score (nSPS) is 11.9. The molecule has 0 fully saturated rings. The Bertz CT molecular complexity index is 4570. The van der Waals surface area contributed by atoms with Crippen LogP contribution >= 0.6 is 0 Å². The van der Waals surface area contributed by atoms with Crippen LogP contribution in [0.25, 0.3) is 133 Å². The number of para-hydroxylation sites is 8. The molecular weight excluding hydrogens is 883 g/mol. The van der Waals surface area contributed by atoms with E-state index in [0.717, 1.165) is 110 Å². The van der Waals surface area contributed by atoms with Crippen molar-refractivity contribution in [2.24, 2.45) is 0 Å². The van der Waals surface area contributed by atoms with Crippen molar-refractivity contribution in [2.45, 2.75) is 6.92 Å². The third kappa shape index (κ3) is 5.50. The van der Waals surface area contributed by atoms with Crippen LogP contribution in [0.2, 0.25) is 0 Å². The molecule has 0 aliphatic carbocycles. The zero-order valence-electron chi connectivity index (χ0n) is 38.8. The predicted molar refractivity (Wildman–Crippen MR) is 292 cm³/mol. The number of rotatable bonds is 6. The molecular formula is C64H39N7O. The molecule has 0 unspecified atom stereocenters. The molecule has 0 saturated carbocycles. The number of hydrogen-bond donors (Lipinski definition) is 0. The maximum absolute atomic E-state index is 12.6. The number of nitriles is 1. The van der Waals surface area contributed by atoms with Gasteiger partial charge in [0.1, 0.15) is 11.6 Å². The minimum Gasteiger partial charge on any atom is -0.416 e. The van der Waals surface area contributed by atoms with Crippen molar-refractivity contribution in [3.63, 3.8) is 0 Å². The summed E-state index contributed by atoms with van der Waals surface area (Å²) in [5.74, 6) is 0.640. The van der Waals surface area contributed by atoms with Crippen LogP contribution in [0.5, 0.6) is 0 Å². The summed E-state index contributed by atoms with van der Waals surface area (Å²) in [7, 11) is 0. The van der Waals surface area contributed by atoms with Crippen LogP contribution in [0.1, 0.15) is 11.1 Å². The Morgan fingerprint density at radius 2 is 0.625 bits per heavy atom. The lowest BCUT2D eigenvalue weighted by Crippen LogP contribution is -2.16. The quantitative estimate of drug-likeness (QED) is 0.166. The van der Waals surface area contributed by atoms with E-state index in [4.69, 9.17) is 14.6 Å². The smallest absolute Gasteiger partial charge is 0.252 e. The van der Waals surface area contributed by atoms with Gasteiger partial charge >= 0.3 is 0 Å². The summed E-state index contributed by atoms with van der Waals surface area (Å²) in [6.45, 7) is 2.07. The maximum Gasteiger partial charge on any atom is 0.252 e. The average Bonchev–Trinajstić information content (AvgIpc) is 4.27. The number of nitrogens with zero attached hydrogens (tertiary/aromatic N) is 7. The van der Waals surface area contributed by atoms with Crippen molar-refractivity contribution in [1.82, 2.24) is 28.5 Å². The molecule has 0 aliphatic heterocycles. The van der Waals surface area contributed by atoms with E-state index in [2.05, 4.69) is 238 Å². The van der Waals surface area contributed by atoms with Gasteiger partial charge in [-0.05, 0) is 67.6 Å². The lowest BCUT2D eigenvalue weighted by molar-refractivity contribution is 0.584. The van der Waals surface area contributed by atoms with Crippen LogP contribution in [0.4, 0.5) is 0 Å². The summed E-state index contributed by atoms with van der Waals surface area (Å²) >= 11 is 0. The van der Waals surface area contributed by atoms with Crippen molar-refractivity contribution in [1.29, 1.82) is 5.26 Å². The molecule has 0 atom stereocenters. The van der Waals surface area contributed by atoms with E-state index in [0.29, 0.717) is 28.4 Å². The highest BCUT2D eigenvalue weighted by Crippen LogP contribution is 2.51. The number of aromatic nitrogens is 6. The lowest BCUT2D eigenvalue weighted by atomic mass is 9.97. The first-order chi connectivity index (χ1) is 35.7. The van der Waals surface area contributed by atoms with Gasteiger partial charge in [0.2, 0.25) is 5.89 Å². The first-order valence-electron chi connectivity index (χ1n) is 24.2. The maximum atomic E-state index is 12.6. The third-order valence-electron chi connectivity index (χ3n) is 14.7. The number of benzene rings is 10. The molecule has 0 N–H and O–H groups in total. The molecule has 5 heterocycles. The van der Waals surface area contributed by atoms with Gasteiger partial charge in [-0.25, -0.2) is 0 Å². The van der Waals surface area contributed by atoms with Crippen LogP contribution in [-0.2, 0) is 0 Å². The molecule has 8 nitrogen and oxygen atoms in total. The van der Waals surface area contributed by atoms with Crippen LogP contribution in [0, 0.1) is 18.3 Å². The molecule has 8 heteroatoms. The third-order valence-corrected chi connectivity index (χ3v) is 14.7. The molecule has 0 amide bonds. The zero-order chi connectivity index (χ0) is 47.6. The van der Waals surface area contributed by atoms with E-state index in [9.17, 15) is 5.26 Å². The SMILES string of the molecule is Cc1ccc(-c2nnc(-c3c(-n4c5ccccc5c5ccccc54)c(C#N)c(-n4c5ccccc5c5ccccc54)c(-n4c5ccccc5c5ccccc54)c3-n3c4ccccc4c4ccccc43)o2)cc1. The van der Waals surface area contributed by atoms with Crippen molar-refractivity contribution >= 4 is 87.2 Å². The first kappa shape index (κ1) is 40.0. The van der Waals surface area contributed by atoms with Crippen LogP contribution in [0.15, 0.2) is 223 Å². The first-order valence-corrected chi connectivity index (χ1v) is 24.2. The second kappa shape index (κ2) is 15.3. The van der Waals surface area contributed by atoms with E-state index in [1.54, 1.807) is 0 Å². The summed E-state index contributed by atoms with van der Waals surface area (Å²) in [6.07, 6.45) is 0. The fourth-order valence-corrected chi connectivity index (χ4v) is 11.7. The Kier molecular flexibility index (Phi) is 8.47. The summed E-state index contributed by atoms with van der Waals surface area (Å²) < 4.78 is 16.5. The predicted octanol–water partition coefficient (Wildman–Crippen LogP) is 16.0. The van der Waals surface area contributed by atoms with Crippen LogP contribution in [-0.4, -0.2) is 28.5 Å². The van der Waals surface area contributed by atoms with Gasteiger partial charge in [-0.2, -0.15) is 5.26 Å². The highest BCUT2D eigenvalue weighted by Gasteiger charge is 2.36. The molecule has 0 bridgehead atoms. The zero-order valence-corrected chi connectivity index (χ0v) is 38.8. The van der Waals surface area contributed by atoms with Gasteiger partial charge in [-0.1, -0.05) is 163 Å². The topological polar surface area (TPSA) is 82.4 Å². The number of fused-ring (bicyclic) bond motifs is 12. The molecule has 10 aromatic carbocycles. The Hall–Kier alpha value is -9.97. The van der Waals surface area contributed by atoms with Crippen molar-refractivity contribution in [3.8, 4) is 51.7 Å². The Balaban J connectivity index is 1.30. The summed E-state index contributed by atoms with van der Waals surface area (Å²) in [5.41, 5.74) is 13.5. The molecule has 5 aromatic heterocycles. The van der Waals surface area contributed by atoms with E-state index in [-0.39, 0.29) is 5.89 Å². The molecule has 72 heavy (non-hydrogen) atoms. The highest BCUT2D eigenvalue weighted by atomic mass is 16.4. The fourth-order valence-electron chi connectivity index (χ4n) is 11.7. The number of hydrogen-bond acceptors (Lipinski definition) is 4. The van der Waals surface area contributed by atoms with Gasteiger partial charge in [0, 0.05) is 48.7 Å². The van der Waals surface area contributed by atoms with Gasteiger partial charge in [-0.15, -0.1) is 10.2 Å². The van der Waals surface area contributed by atoms with Gasteiger partial charge in [0.25, 0.3) is 5.89 Å². The van der Waals surface area contributed by atoms with Gasteiger partial charge in [-0.3, -0.25) is 0 Å². The average molecular weight is 922 g/mol. The molecule has 0 spiro atoms. The molecule has 15 aromatic rings. The minimum atomic E-state index is 0.270. The molecule has 0 saturated heterocycles. The minimum absolute atomic E-state index is 0.270. The molecule has 336 valence electrons. The Labute approximate surface area is 411 Å². The highest BCUT2D eigenvalue weighted by molar-refractivity contribution is 6.17. The van der Waals surface area contributed by atoms with E-state index in [1.807, 2.05) is 12.1 Å². The summed E-state index contributed by atoms with van der Waals surface area (Å²) in [6, 6.07) is 79.4. The van der Waals surface area contributed by atoms with Crippen molar-refractivity contribution in [3.05, 3.63) is 230 Å². The fraction of sp³-hybridized carbons (Fsp3) is 0.0156. The summed E-state index contributed by atoms with van der Waals surface area (Å²) in [5, 5.41) is 31.2. The van der Waals surface area contributed by atoms with Crippen LogP contribution in [0.3, 0.4) is 0 Å². The summed E-state index contributed by atoms with van der Waals surface area (Å²) in [4.78, 5) is 0. The molecule has 15 rings (SSSR count). The number of aryl methyl sites for hydroxylation is 1. The molecule has 0 aliphatic rings. The van der Waals surface area contributed by atoms with Gasteiger partial charge in [0.15, 0.2) is 0 Å². The second-order valence-electron chi connectivity index (χ2n) is 18.5. The monoisotopic (exact) mass is 921 g/mol. The van der Waals surface area contributed by atoms with Gasteiger partial charge < -0.3 is 22.7 Å².